The Kier molecular flexibility index (Phi) is 2.81. The van der Waals surface area contributed by atoms with Gasteiger partial charge in [0.05, 0.1) is 6.54 Å². The molecule has 0 fully saturated rings. The van der Waals surface area contributed by atoms with E-state index in [-0.39, 0.29) is 0 Å². The second-order valence-electron chi connectivity index (χ2n) is 2.29. The smallest absolute Gasteiger partial charge is 0.157 e. The molecule has 1 rings (SSSR count). The number of amidine groups is 1. The Hall–Kier alpha value is -0.440. The van der Waals surface area contributed by atoms with Crippen LogP contribution in [0.3, 0.4) is 0 Å². The summed E-state index contributed by atoms with van der Waals surface area (Å²) in [7, 11) is 0. The number of hydrogen-bond acceptors (Lipinski definition) is 3. The number of rotatable bonds is 2. The van der Waals surface area contributed by atoms with Gasteiger partial charge in [-0.25, -0.2) is 0 Å². The van der Waals surface area contributed by atoms with Crippen molar-refractivity contribution in [3.05, 3.63) is 12.7 Å². The van der Waals surface area contributed by atoms with Gasteiger partial charge in [-0.15, -0.1) is 6.58 Å². The summed E-state index contributed by atoms with van der Waals surface area (Å²) < 4.78 is 0. The molecular weight excluding hydrogens is 144 g/mol. The van der Waals surface area contributed by atoms with Gasteiger partial charge in [0.15, 0.2) is 5.17 Å². The average molecular weight is 156 g/mol. The van der Waals surface area contributed by atoms with Crippen molar-refractivity contribution >= 4 is 16.9 Å². The molecule has 0 amide bonds. The summed E-state index contributed by atoms with van der Waals surface area (Å²) in [6, 6.07) is 0.521. The topological polar surface area (TPSA) is 24.4 Å². The number of hydrogen-bond donors (Lipinski definition) is 1. The largest absolute Gasteiger partial charge is 0.361 e. The van der Waals surface area contributed by atoms with Gasteiger partial charge < -0.3 is 5.32 Å². The number of thioether (sulfide) groups is 1. The SMILES string of the molecule is C=CCSC1=NCC(C)N1. The van der Waals surface area contributed by atoms with Crippen molar-refractivity contribution in [2.24, 2.45) is 4.99 Å². The van der Waals surface area contributed by atoms with E-state index in [9.17, 15) is 0 Å². The molecule has 0 saturated heterocycles. The van der Waals surface area contributed by atoms with Gasteiger partial charge in [-0.05, 0) is 6.92 Å². The maximum Gasteiger partial charge on any atom is 0.157 e. The van der Waals surface area contributed by atoms with Crippen LogP contribution in [0.15, 0.2) is 17.6 Å². The van der Waals surface area contributed by atoms with Gasteiger partial charge in [0.1, 0.15) is 0 Å². The minimum absolute atomic E-state index is 0.521. The van der Waals surface area contributed by atoms with E-state index >= 15 is 0 Å². The summed E-state index contributed by atoms with van der Waals surface area (Å²) in [5, 5.41) is 4.32. The van der Waals surface area contributed by atoms with Gasteiger partial charge in [0, 0.05) is 11.8 Å². The van der Waals surface area contributed by atoms with Crippen molar-refractivity contribution in [2.75, 3.05) is 12.3 Å². The zero-order chi connectivity index (χ0) is 7.40. The minimum Gasteiger partial charge on any atom is -0.361 e. The highest BCUT2D eigenvalue weighted by Gasteiger charge is 2.10. The second-order valence-corrected chi connectivity index (χ2v) is 3.30. The molecule has 0 saturated carbocycles. The summed E-state index contributed by atoms with van der Waals surface area (Å²) in [4.78, 5) is 4.27. The molecule has 0 spiro atoms. The quantitative estimate of drug-likeness (QED) is 0.609. The van der Waals surface area contributed by atoms with Gasteiger partial charge in [0.2, 0.25) is 0 Å². The van der Waals surface area contributed by atoms with Gasteiger partial charge >= 0.3 is 0 Å². The van der Waals surface area contributed by atoms with Crippen molar-refractivity contribution < 1.29 is 0 Å². The zero-order valence-corrected chi connectivity index (χ0v) is 6.95. The Bertz CT molecular complexity index is 154. The molecule has 0 aromatic rings. The second kappa shape index (κ2) is 3.66. The maximum absolute atomic E-state index is 4.27. The molecule has 0 aromatic heterocycles. The van der Waals surface area contributed by atoms with E-state index in [1.165, 1.54) is 0 Å². The molecule has 10 heavy (non-hydrogen) atoms. The Balaban J connectivity index is 2.23. The molecule has 1 aliphatic rings. The van der Waals surface area contributed by atoms with Crippen LogP contribution >= 0.6 is 11.8 Å². The standard InChI is InChI=1S/C7H12N2S/c1-3-4-10-7-8-5-6(2)9-7/h3,6H,1,4-5H2,2H3,(H,8,9). The first kappa shape index (κ1) is 7.66. The van der Waals surface area contributed by atoms with Crippen LogP contribution in [0.4, 0.5) is 0 Å². The van der Waals surface area contributed by atoms with Crippen molar-refractivity contribution in [3.63, 3.8) is 0 Å². The zero-order valence-electron chi connectivity index (χ0n) is 6.13. The first-order valence-electron chi connectivity index (χ1n) is 3.37. The highest BCUT2D eigenvalue weighted by atomic mass is 32.2. The molecule has 56 valence electrons. The summed E-state index contributed by atoms with van der Waals surface area (Å²) in [5.74, 6) is 0.943. The van der Waals surface area contributed by atoms with Gasteiger partial charge in [-0.1, -0.05) is 17.8 Å². The molecule has 0 radical (unpaired) electrons. The van der Waals surface area contributed by atoms with Crippen LogP contribution in [0.2, 0.25) is 0 Å². The van der Waals surface area contributed by atoms with E-state index in [2.05, 4.69) is 23.8 Å². The third-order valence-corrected chi connectivity index (χ3v) is 2.14. The Morgan fingerprint density at radius 3 is 3.30 bits per heavy atom. The van der Waals surface area contributed by atoms with Crippen molar-refractivity contribution in [1.82, 2.24) is 5.32 Å². The fourth-order valence-corrected chi connectivity index (χ4v) is 1.47. The molecule has 1 unspecified atom stereocenters. The lowest BCUT2D eigenvalue weighted by atomic mass is 10.4. The molecule has 1 N–H and O–H groups in total. The lowest BCUT2D eigenvalue weighted by Crippen LogP contribution is -2.25. The van der Waals surface area contributed by atoms with Crippen molar-refractivity contribution in [2.45, 2.75) is 13.0 Å². The highest BCUT2D eigenvalue weighted by molar-refractivity contribution is 8.13. The van der Waals surface area contributed by atoms with E-state index in [4.69, 9.17) is 0 Å². The molecule has 0 aliphatic carbocycles. The lowest BCUT2D eigenvalue weighted by molar-refractivity contribution is 0.728. The molecule has 1 heterocycles. The number of nitrogens with one attached hydrogen (secondary N) is 1. The predicted molar refractivity (Wildman–Crippen MR) is 47.6 cm³/mol. The Morgan fingerprint density at radius 1 is 2.00 bits per heavy atom. The first-order chi connectivity index (χ1) is 4.83. The van der Waals surface area contributed by atoms with E-state index < -0.39 is 0 Å². The summed E-state index contributed by atoms with van der Waals surface area (Å²) in [5.41, 5.74) is 0. The normalized spacial score (nSPS) is 23.7. The summed E-state index contributed by atoms with van der Waals surface area (Å²) in [6.45, 7) is 6.68. The fraction of sp³-hybridized carbons (Fsp3) is 0.571. The van der Waals surface area contributed by atoms with Gasteiger partial charge in [0.25, 0.3) is 0 Å². The Labute approximate surface area is 65.8 Å². The van der Waals surface area contributed by atoms with Crippen LogP contribution in [-0.4, -0.2) is 23.5 Å². The molecule has 3 heteroatoms. The number of nitrogens with zero attached hydrogens (tertiary/aromatic N) is 1. The molecule has 0 bridgehead atoms. The fourth-order valence-electron chi connectivity index (χ4n) is 0.747. The minimum atomic E-state index is 0.521. The average Bonchev–Trinajstić information content (AvgIpc) is 2.31. The highest BCUT2D eigenvalue weighted by Crippen LogP contribution is 2.07. The third kappa shape index (κ3) is 2.06. The monoisotopic (exact) mass is 156 g/mol. The molecule has 1 atom stereocenters. The third-order valence-electron chi connectivity index (χ3n) is 1.22. The van der Waals surface area contributed by atoms with Crippen LogP contribution in [0.5, 0.6) is 0 Å². The van der Waals surface area contributed by atoms with Crippen LogP contribution in [0, 0.1) is 0 Å². The van der Waals surface area contributed by atoms with Crippen molar-refractivity contribution in [3.8, 4) is 0 Å². The van der Waals surface area contributed by atoms with Gasteiger partial charge in [-0.3, -0.25) is 4.99 Å². The summed E-state index contributed by atoms with van der Waals surface area (Å²) >= 11 is 1.71. The molecule has 2 nitrogen and oxygen atoms in total. The first-order valence-corrected chi connectivity index (χ1v) is 4.36. The summed E-state index contributed by atoms with van der Waals surface area (Å²) in [6.07, 6.45) is 1.89. The molecular formula is C7H12N2S. The maximum atomic E-state index is 4.27. The lowest BCUT2D eigenvalue weighted by Gasteiger charge is -2.02. The Morgan fingerprint density at radius 2 is 2.80 bits per heavy atom. The van der Waals surface area contributed by atoms with E-state index in [1.54, 1.807) is 11.8 Å². The van der Waals surface area contributed by atoms with E-state index in [0.717, 1.165) is 17.5 Å². The molecule has 0 aromatic carbocycles. The van der Waals surface area contributed by atoms with Gasteiger partial charge in [-0.2, -0.15) is 0 Å². The molecule has 1 aliphatic heterocycles. The number of aliphatic imine (C=N–C) groups is 1. The van der Waals surface area contributed by atoms with Crippen molar-refractivity contribution in [1.29, 1.82) is 0 Å². The van der Waals surface area contributed by atoms with Crippen LogP contribution in [0.25, 0.3) is 0 Å². The van der Waals surface area contributed by atoms with Crippen LogP contribution in [0.1, 0.15) is 6.92 Å². The van der Waals surface area contributed by atoms with Crippen LogP contribution in [-0.2, 0) is 0 Å². The predicted octanol–water partition coefficient (Wildman–Crippen LogP) is 1.25. The van der Waals surface area contributed by atoms with E-state index in [1.807, 2.05) is 6.08 Å². The van der Waals surface area contributed by atoms with E-state index in [0.29, 0.717) is 6.04 Å². The van der Waals surface area contributed by atoms with Crippen LogP contribution < -0.4 is 5.32 Å².